The normalized spacial score (nSPS) is 16.3. The van der Waals surface area contributed by atoms with E-state index in [2.05, 4.69) is 10.6 Å². The van der Waals surface area contributed by atoms with Crippen LogP contribution >= 0.6 is 0 Å². The van der Waals surface area contributed by atoms with E-state index in [9.17, 15) is 9.18 Å². The number of amides is 1. The maximum absolute atomic E-state index is 12.7. The molecule has 18 heavy (non-hydrogen) atoms. The summed E-state index contributed by atoms with van der Waals surface area (Å²) < 4.78 is 12.7. The Morgan fingerprint density at radius 1 is 1.39 bits per heavy atom. The molecule has 0 bridgehead atoms. The number of benzene rings is 1. The van der Waals surface area contributed by atoms with Crippen LogP contribution in [0.5, 0.6) is 0 Å². The Hall–Kier alpha value is -1.42. The molecule has 1 amide bonds. The van der Waals surface area contributed by atoms with Crippen molar-refractivity contribution in [3.05, 3.63) is 35.6 Å². The predicted molar refractivity (Wildman–Crippen MR) is 68.7 cm³/mol. The van der Waals surface area contributed by atoms with E-state index in [1.54, 1.807) is 12.1 Å². The van der Waals surface area contributed by atoms with Gasteiger partial charge >= 0.3 is 0 Å². The van der Waals surface area contributed by atoms with Gasteiger partial charge in [-0.2, -0.15) is 0 Å². The van der Waals surface area contributed by atoms with Gasteiger partial charge in [-0.15, -0.1) is 0 Å². The van der Waals surface area contributed by atoms with Gasteiger partial charge in [0.15, 0.2) is 0 Å². The molecule has 1 aliphatic carbocycles. The minimum atomic E-state index is -0.219. The largest absolute Gasteiger partial charge is 0.352 e. The molecule has 2 rings (SSSR count). The van der Waals surface area contributed by atoms with Crippen LogP contribution in [0.4, 0.5) is 4.39 Å². The lowest BCUT2D eigenvalue weighted by Crippen LogP contribution is -2.43. The highest BCUT2D eigenvalue weighted by molar-refractivity contribution is 5.81. The fourth-order valence-electron chi connectivity index (χ4n) is 1.73. The third kappa shape index (κ3) is 4.11. The lowest BCUT2D eigenvalue weighted by atomic mass is 10.1. The maximum Gasteiger partial charge on any atom is 0.237 e. The summed E-state index contributed by atoms with van der Waals surface area (Å²) in [5.41, 5.74) is 1.07. The number of hydrogen-bond donors (Lipinski definition) is 2. The van der Waals surface area contributed by atoms with Crippen molar-refractivity contribution < 1.29 is 9.18 Å². The molecule has 1 aromatic rings. The van der Waals surface area contributed by atoms with Crippen molar-refractivity contribution in [3.63, 3.8) is 0 Å². The predicted octanol–water partition coefficient (Wildman–Crippen LogP) is 1.62. The van der Waals surface area contributed by atoms with Crippen molar-refractivity contribution in [2.45, 2.75) is 38.3 Å². The quantitative estimate of drug-likeness (QED) is 0.805. The molecule has 0 saturated heterocycles. The van der Waals surface area contributed by atoms with Crippen LogP contribution in [0.25, 0.3) is 0 Å². The van der Waals surface area contributed by atoms with Crippen LogP contribution in [0.3, 0.4) is 0 Å². The van der Waals surface area contributed by atoms with Crippen LogP contribution in [0.1, 0.15) is 25.3 Å². The first-order chi connectivity index (χ1) is 8.65. The molecule has 98 valence electrons. The fourth-order valence-corrected chi connectivity index (χ4v) is 1.73. The van der Waals surface area contributed by atoms with Crippen molar-refractivity contribution in [2.24, 2.45) is 0 Å². The SMILES string of the molecule is CC(NCCc1ccc(F)cc1)C(=O)NC1CC1. The lowest BCUT2D eigenvalue weighted by Gasteiger charge is -2.13. The molecule has 1 fully saturated rings. The Bertz CT molecular complexity index is 401. The highest BCUT2D eigenvalue weighted by Gasteiger charge is 2.25. The van der Waals surface area contributed by atoms with Crippen LogP contribution < -0.4 is 10.6 Å². The Kier molecular flexibility index (Phi) is 4.31. The first kappa shape index (κ1) is 13.0. The van der Waals surface area contributed by atoms with E-state index >= 15 is 0 Å². The Labute approximate surface area is 107 Å². The van der Waals surface area contributed by atoms with Crippen molar-refractivity contribution in [1.29, 1.82) is 0 Å². The molecule has 0 aliphatic heterocycles. The third-order valence-corrected chi connectivity index (χ3v) is 3.09. The van der Waals surface area contributed by atoms with Crippen LogP contribution in [0.15, 0.2) is 24.3 Å². The summed E-state index contributed by atoms with van der Waals surface area (Å²) in [6.07, 6.45) is 3.00. The summed E-state index contributed by atoms with van der Waals surface area (Å²) in [4.78, 5) is 11.7. The first-order valence-electron chi connectivity index (χ1n) is 6.43. The van der Waals surface area contributed by atoms with Gasteiger partial charge in [-0.05, 0) is 50.4 Å². The minimum absolute atomic E-state index is 0.0663. The summed E-state index contributed by atoms with van der Waals surface area (Å²) >= 11 is 0. The highest BCUT2D eigenvalue weighted by atomic mass is 19.1. The molecular weight excluding hydrogens is 231 g/mol. The molecular formula is C14H19FN2O. The van der Waals surface area contributed by atoms with Crippen LogP contribution in [0, 0.1) is 5.82 Å². The molecule has 1 saturated carbocycles. The lowest BCUT2D eigenvalue weighted by molar-refractivity contribution is -0.122. The molecule has 2 N–H and O–H groups in total. The molecule has 0 radical (unpaired) electrons. The van der Waals surface area contributed by atoms with Crippen molar-refractivity contribution >= 4 is 5.91 Å². The van der Waals surface area contributed by atoms with E-state index in [0.29, 0.717) is 12.6 Å². The second-order valence-corrected chi connectivity index (χ2v) is 4.84. The van der Waals surface area contributed by atoms with Crippen molar-refractivity contribution in [1.82, 2.24) is 10.6 Å². The van der Waals surface area contributed by atoms with Crippen LogP contribution in [-0.2, 0) is 11.2 Å². The molecule has 0 spiro atoms. The molecule has 4 heteroatoms. The van der Waals surface area contributed by atoms with E-state index in [1.165, 1.54) is 12.1 Å². The second kappa shape index (κ2) is 5.96. The molecule has 1 atom stereocenters. The summed E-state index contributed by atoms with van der Waals surface area (Å²) in [6.45, 7) is 2.58. The van der Waals surface area contributed by atoms with Gasteiger partial charge in [0.2, 0.25) is 5.91 Å². The maximum atomic E-state index is 12.7. The van der Waals surface area contributed by atoms with Crippen LogP contribution in [0.2, 0.25) is 0 Å². The summed E-state index contributed by atoms with van der Waals surface area (Å²) in [5, 5.41) is 6.13. The zero-order valence-corrected chi connectivity index (χ0v) is 10.6. The zero-order valence-electron chi connectivity index (χ0n) is 10.6. The summed E-state index contributed by atoms with van der Waals surface area (Å²) in [6, 6.07) is 6.68. The van der Waals surface area contributed by atoms with Gasteiger partial charge in [0.25, 0.3) is 0 Å². The monoisotopic (exact) mass is 250 g/mol. The molecule has 0 heterocycles. The van der Waals surface area contributed by atoms with Gasteiger partial charge in [0.05, 0.1) is 6.04 Å². The first-order valence-corrected chi connectivity index (χ1v) is 6.43. The molecule has 3 nitrogen and oxygen atoms in total. The number of halogens is 1. The van der Waals surface area contributed by atoms with Crippen molar-refractivity contribution in [3.8, 4) is 0 Å². The number of carbonyl (C=O) groups is 1. The van der Waals surface area contributed by atoms with E-state index in [0.717, 1.165) is 24.8 Å². The van der Waals surface area contributed by atoms with Crippen LogP contribution in [-0.4, -0.2) is 24.5 Å². The topological polar surface area (TPSA) is 41.1 Å². The molecule has 1 aliphatic rings. The van der Waals surface area contributed by atoms with Gasteiger partial charge < -0.3 is 10.6 Å². The van der Waals surface area contributed by atoms with E-state index in [-0.39, 0.29) is 17.8 Å². The standard InChI is InChI=1S/C14H19FN2O/c1-10(14(18)17-13-6-7-13)16-9-8-11-2-4-12(15)5-3-11/h2-5,10,13,16H,6-9H2,1H3,(H,17,18). The van der Waals surface area contributed by atoms with E-state index in [4.69, 9.17) is 0 Å². The smallest absolute Gasteiger partial charge is 0.237 e. The van der Waals surface area contributed by atoms with E-state index in [1.807, 2.05) is 6.92 Å². The van der Waals surface area contributed by atoms with Crippen molar-refractivity contribution in [2.75, 3.05) is 6.54 Å². The average Bonchev–Trinajstić information content (AvgIpc) is 3.15. The van der Waals surface area contributed by atoms with Gasteiger partial charge in [-0.25, -0.2) is 4.39 Å². The Balaban J connectivity index is 1.67. The van der Waals surface area contributed by atoms with Gasteiger partial charge in [0.1, 0.15) is 5.82 Å². The number of hydrogen-bond acceptors (Lipinski definition) is 2. The minimum Gasteiger partial charge on any atom is -0.352 e. The van der Waals surface area contributed by atoms with Gasteiger partial charge in [-0.1, -0.05) is 12.1 Å². The van der Waals surface area contributed by atoms with Gasteiger partial charge in [-0.3, -0.25) is 4.79 Å². The van der Waals surface area contributed by atoms with E-state index < -0.39 is 0 Å². The Morgan fingerprint density at radius 3 is 2.67 bits per heavy atom. The molecule has 1 unspecified atom stereocenters. The zero-order chi connectivity index (χ0) is 13.0. The number of rotatable bonds is 6. The summed E-state index contributed by atoms with van der Waals surface area (Å²) in [7, 11) is 0. The molecule has 0 aromatic heterocycles. The van der Waals surface area contributed by atoms with Gasteiger partial charge in [0, 0.05) is 6.04 Å². The Morgan fingerprint density at radius 2 is 2.06 bits per heavy atom. The number of carbonyl (C=O) groups excluding carboxylic acids is 1. The highest BCUT2D eigenvalue weighted by Crippen LogP contribution is 2.18. The third-order valence-electron chi connectivity index (χ3n) is 3.09. The fraction of sp³-hybridized carbons (Fsp3) is 0.500. The average molecular weight is 250 g/mol. The summed E-state index contributed by atoms with van der Waals surface area (Å²) in [5.74, 6) is -0.152. The second-order valence-electron chi connectivity index (χ2n) is 4.84. The number of nitrogens with one attached hydrogen (secondary N) is 2. The molecule has 1 aromatic carbocycles.